The van der Waals surface area contributed by atoms with Gasteiger partial charge in [-0.15, -0.1) is 0 Å². The van der Waals surface area contributed by atoms with E-state index in [1.54, 1.807) is 11.8 Å². The van der Waals surface area contributed by atoms with Gasteiger partial charge in [-0.1, -0.05) is 18.0 Å². The lowest BCUT2D eigenvalue weighted by Gasteiger charge is -2.40. The van der Waals surface area contributed by atoms with Gasteiger partial charge in [-0.05, 0) is 19.1 Å². The van der Waals surface area contributed by atoms with Crippen molar-refractivity contribution in [1.82, 2.24) is 0 Å². The summed E-state index contributed by atoms with van der Waals surface area (Å²) in [5.41, 5.74) is -0.00537. The van der Waals surface area contributed by atoms with E-state index in [0.717, 1.165) is 25.0 Å². The van der Waals surface area contributed by atoms with Crippen molar-refractivity contribution in [2.24, 2.45) is 0 Å². The molecule has 19 heavy (non-hydrogen) atoms. The molecule has 0 amide bonds. The highest BCUT2D eigenvalue weighted by Crippen LogP contribution is 2.43. The molecule has 0 aliphatic heterocycles. The summed E-state index contributed by atoms with van der Waals surface area (Å²) in [5, 5.41) is 13.7. The van der Waals surface area contributed by atoms with Crippen LogP contribution in [0.5, 0.6) is 0 Å². The van der Waals surface area contributed by atoms with Crippen LogP contribution in [0, 0.1) is 15.9 Å². The van der Waals surface area contributed by atoms with Crippen molar-refractivity contribution in [3.63, 3.8) is 0 Å². The van der Waals surface area contributed by atoms with Crippen molar-refractivity contribution >= 4 is 34.7 Å². The van der Waals surface area contributed by atoms with E-state index in [1.165, 1.54) is 6.42 Å². The Balaban J connectivity index is 2.19. The SMILES string of the molecule is CSC1(CNc2cc(F)c(Cl)cc2[N+](=O)[O-])CCC1. The number of rotatable bonds is 5. The fraction of sp³-hybridized carbons (Fsp3) is 0.500. The number of hydrogen-bond donors (Lipinski definition) is 1. The molecule has 0 radical (unpaired) electrons. The van der Waals surface area contributed by atoms with Crippen molar-refractivity contribution < 1.29 is 9.31 Å². The number of nitrogens with zero attached hydrogens (tertiary/aromatic N) is 1. The van der Waals surface area contributed by atoms with Crippen molar-refractivity contribution in [2.45, 2.75) is 24.0 Å². The molecule has 1 saturated carbocycles. The van der Waals surface area contributed by atoms with Crippen molar-refractivity contribution in [3.05, 3.63) is 33.1 Å². The molecule has 2 rings (SSSR count). The van der Waals surface area contributed by atoms with Crippen LogP contribution in [0.1, 0.15) is 19.3 Å². The van der Waals surface area contributed by atoms with E-state index in [9.17, 15) is 14.5 Å². The van der Waals surface area contributed by atoms with Gasteiger partial charge in [0.15, 0.2) is 0 Å². The average Bonchev–Trinajstić information content (AvgIpc) is 2.32. The Morgan fingerprint density at radius 2 is 2.26 bits per heavy atom. The van der Waals surface area contributed by atoms with E-state index < -0.39 is 10.7 Å². The molecular weight excluding hydrogens is 291 g/mol. The summed E-state index contributed by atoms with van der Waals surface area (Å²) in [7, 11) is 0. The Morgan fingerprint density at radius 3 is 2.74 bits per heavy atom. The summed E-state index contributed by atoms with van der Waals surface area (Å²) in [6.45, 7) is 0.593. The van der Waals surface area contributed by atoms with E-state index in [1.807, 2.05) is 6.26 Å². The van der Waals surface area contributed by atoms with E-state index in [-0.39, 0.29) is 21.1 Å². The smallest absolute Gasteiger partial charge is 0.294 e. The van der Waals surface area contributed by atoms with Gasteiger partial charge in [-0.2, -0.15) is 11.8 Å². The van der Waals surface area contributed by atoms with Gasteiger partial charge in [0.05, 0.1) is 9.95 Å². The first-order valence-corrected chi connectivity index (χ1v) is 7.50. The highest BCUT2D eigenvalue weighted by molar-refractivity contribution is 8.00. The van der Waals surface area contributed by atoms with E-state index in [4.69, 9.17) is 11.6 Å². The fourth-order valence-electron chi connectivity index (χ4n) is 2.11. The third kappa shape index (κ3) is 2.95. The maximum atomic E-state index is 13.4. The zero-order valence-corrected chi connectivity index (χ0v) is 12.0. The van der Waals surface area contributed by atoms with Crippen LogP contribution < -0.4 is 5.32 Å². The molecule has 0 unspecified atom stereocenters. The first-order chi connectivity index (χ1) is 8.97. The zero-order valence-electron chi connectivity index (χ0n) is 10.4. The van der Waals surface area contributed by atoms with Gasteiger partial charge in [-0.25, -0.2) is 4.39 Å². The summed E-state index contributed by atoms with van der Waals surface area (Å²) in [6.07, 6.45) is 5.34. The molecule has 0 spiro atoms. The minimum absolute atomic E-state index is 0.115. The Bertz CT molecular complexity index is 503. The normalized spacial score (nSPS) is 16.8. The van der Waals surface area contributed by atoms with Gasteiger partial charge >= 0.3 is 0 Å². The molecule has 0 atom stereocenters. The predicted octanol–water partition coefficient (Wildman–Crippen LogP) is 4.08. The molecule has 1 aromatic carbocycles. The van der Waals surface area contributed by atoms with Crippen LogP contribution in [0.2, 0.25) is 5.02 Å². The molecule has 4 nitrogen and oxygen atoms in total. The summed E-state index contributed by atoms with van der Waals surface area (Å²) in [5.74, 6) is -0.651. The lowest BCUT2D eigenvalue weighted by molar-refractivity contribution is -0.384. The Morgan fingerprint density at radius 1 is 1.58 bits per heavy atom. The highest BCUT2D eigenvalue weighted by atomic mass is 35.5. The Hall–Kier alpha value is -1.01. The molecule has 0 aromatic heterocycles. The molecule has 1 aliphatic rings. The highest BCUT2D eigenvalue weighted by Gasteiger charge is 2.36. The number of thioether (sulfide) groups is 1. The van der Waals surface area contributed by atoms with Crippen LogP contribution in [0.15, 0.2) is 12.1 Å². The Labute approximate surface area is 119 Å². The fourth-order valence-corrected chi connectivity index (χ4v) is 3.18. The van der Waals surface area contributed by atoms with E-state index in [0.29, 0.717) is 6.54 Å². The molecule has 1 fully saturated rings. The van der Waals surface area contributed by atoms with Crippen LogP contribution >= 0.6 is 23.4 Å². The molecule has 0 bridgehead atoms. The monoisotopic (exact) mass is 304 g/mol. The van der Waals surface area contributed by atoms with E-state index in [2.05, 4.69) is 5.32 Å². The number of halogens is 2. The minimum atomic E-state index is -0.651. The summed E-state index contributed by atoms with van der Waals surface area (Å²) in [4.78, 5) is 10.4. The van der Waals surface area contributed by atoms with Crippen molar-refractivity contribution in [3.8, 4) is 0 Å². The topological polar surface area (TPSA) is 55.2 Å². The summed E-state index contributed by atoms with van der Waals surface area (Å²) < 4.78 is 13.5. The maximum Gasteiger partial charge on any atom is 0.294 e. The largest absolute Gasteiger partial charge is 0.378 e. The van der Waals surface area contributed by atoms with Gasteiger partial charge in [-0.3, -0.25) is 10.1 Å². The van der Waals surface area contributed by atoms with Crippen LogP contribution in [-0.4, -0.2) is 22.5 Å². The predicted molar refractivity (Wildman–Crippen MR) is 76.7 cm³/mol. The number of hydrogen-bond acceptors (Lipinski definition) is 4. The Kier molecular flexibility index (Phi) is 4.20. The van der Waals surface area contributed by atoms with Gasteiger partial charge in [0.2, 0.25) is 0 Å². The molecule has 0 heterocycles. The molecule has 0 saturated heterocycles. The molecule has 1 aromatic rings. The number of nitrogens with one attached hydrogen (secondary N) is 1. The van der Waals surface area contributed by atoms with Crippen LogP contribution in [0.4, 0.5) is 15.8 Å². The van der Waals surface area contributed by atoms with Crippen LogP contribution in [-0.2, 0) is 0 Å². The first-order valence-electron chi connectivity index (χ1n) is 5.90. The molecule has 7 heteroatoms. The second kappa shape index (κ2) is 5.54. The van der Waals surface area contributed by atoms with E-state index >= 15 is 0 Å². The maximum absolute atomic E-state index is 13.4. The quantitative estimate of drug-likeness (QED) is 0.657. The summed E-state index contributed by atoms with van der Waals surface area (Å²) in [6, 6.07) is 2.14. The molecule has 1 N–H and O–H groups in total. The van der Waals surface area contributed by atoms with Gasteiger partial charge in [0, 0.05) is 23.4 Å². The number of benzene rings is 1. The molecule has 1 aliphatic carbocycles. The average molecular weight is 305 g/mol. The van der Waals surface area contributed by atoms with Gasteiger partial charge < -0.3 is 5.32 Å². The zero-order chi connectivity index (χ0) is 14.0. The minimum Gasteiger partial charge on any atom is -0.378 e. The number of nitro benzene ring substituents is 1. The second-order valence-electron chi connectivity index (χ2n) is 4.63. The third-order valence-corrected chi connectivity index (χ3v) is 5.24. The second-order valence-corrected chi connectivity index (χ2v) is 6.32. The van der Waals surface area contributed by atoms with Crippen LogP contribution in [0.25, 0.3) is 0 Å². The van der Waals surface area contributed by atoms with Crippen molar-refractivity contribution in [1.29, 1.82) is 0 Å². The number of anilines is 1. The summed E-state index contributed by atoms with van der Waals surface area (Å²) >= 11 is 7.32. The lowest BCUT2D eigenvalue weighted by atomic mass is 9.84. The number of nitro groups is 1. The van der Waals surface area contributed by atoms with Crippen LogP contribution in [0.3, 0.4) is 0 Å². The molecule has 104 valence electrons. The standard InChI is InChI=1S/C12H14ClFN2O2S/c1-19-12(3-2-4-12)7-15-10-6-9(14)8(13)5-11(10)16(17)18/h5-6,15H,2-4,7H2,1H3. The van der Waals surface area contributed by atoms with Gasteiger partial charge in [0.1, 0.15) is 11.5 Å². The lowest BCUT2D eigenvalue weighted by Crippen LogP contribution is -2.40. The molecular formula is C12H14ClFN2O2S. The first kappa shape index (κ1) is 14.4. The van der Waals surface area contributed by atoms with Gasteiger partial charge in [0.25, 0.3) is 5.69 Å². The van der Waals surface area contributed by atoms with Crippen molar-refractivity contribution in [2.75, 3.05) is 18.1 Å². The third-order valence-electron chi connectivity index (χ3n) is 3.53.